The van der Waals surface area contributed by atoms with Gasteiger partial charge in [-0.1, -0.05) is 23.7 Å². The van der Waals surface area contributed by atoms with E-state index < -0.39 is 143 Å². The molecule has 4 rings (SSSR count). The number of carbonyl (C=O) groups is 1. The lowest BCUT2D eigenvalue weighted by Crippen LogP contribution is -2.11. The van der Waals surface area contributed by atoms with E-state index in [2.05, 4.69) is 15.3 Å². The minimum Gasteiger partial charge on any atom is -0.494 e. The van der Waals surface area contributed by atoms with Crippen molar-refractivity contribution >= 4 is 39.7 Å². The fourth-order valence-electron chi connectivity index (χ4n) is 3.43. The molecular weight excluding hydrogens is 538 g/mol. The van der Waals surface area contributed by atoms with Crippen LogP contribution in [0.3, 0.4) is 0 Å². The summed E-state index contributed by atoms with van der Waals surface area (Å²) in [6.07, 6.45) is -0.747. The summed E-state index contributed by atoms with van der Waals surface area (Å²) in [5, 5.41) is 11.8. The molecule has 8 nitrogen and oxygen atoms in total. The Balaban J connectivity index is 1.91. The van der Waals surface area contributed by atoms with Crippen LogP contribution in [0.5, 0.6) is 11.5 Å². The third-order valence-electron chi connectivity index (χ3n) is 5.15. The number of halogens is 1. The fourth-order valence-corrected chi connectivity index (χ4v) is 3.63. The average Bonchev–Trinajstić information content (AvgIpc) is 3.09. The summed E-state index contributed by atoms with van der Waals surface area (Å²) in [6.45, 7) is -3.61. The molecule has 0 amide bonds. The number of aromatic nitrogens is 2. The highest BCUT2D eigenvalue weighted by atomic mass is 35.5. The average molecular weight is 585 g/mol. The number of benzene rings is 2. The Bertz CT molecular complexity index is 2310. The summed E-state index contributed by atoms with van der Waals surface area (Å²) >= 11 is 6.46. The van der Waals surface area contributed by atoms with Gasteiger partial charge in [0.15, 0.2) is 5.78 Å². The first-order valence-corrected chi connectivity index (χ1v) is 12.3. The van der Waals surface area contributed by atoms with E-state index in [1.807, 2.05) is 0 Å². The van der Waals surface area contributed by atoms with Crippen LogP contribution in [0.15, 0.2) is 66.6 Å². The van der Waals surface area contributed by atoms with Gasteiger partial charge in [0.1, 0.15) is 24.2 Å². The molecule has 0 aliphatic heterocycles. The van der Waals surface area contributed by atoms with E-state index >= 15 is 0 Å². The van der Waals surface area contributed by atoms with Crippen molar-refractivity contribution in [2.24, 2.45) is 0 Å². The quantitative estimate of drug-likeness (QED) is 0.191. The van der Waals surface area contributed by atoms with Gasteiger partial charge in [-0.05, 0) is 70.2 Å². The van der Waals surface area contributed by atoms with Crippen molar-refractivity contribution in [2.45, 2.75) is 26.9 Å². The molecule has 0 atom stereocenters. The van der Waals surface area contributed by atoms with Gasteiger partial charge in [0, 0.05) is 51.6 Å². The third-order valence-corrected chi connectivity index (χ3v) is 5.41. The van der Waals surface area contributed by atoms with Gasteiger partial charge in [-0.25, -0.2) is 0 Å². The number of rotatable bonds is 12. The van der Waals surface area contributed by atoms with E-state index in [9.17, 15) is 10.1 Å². The summed E-state index contributed by atoms with van der Waals surface area (Å²) in [6, 6.07) is -3.22. The standard InChI is InChI=1S/C32H32ClN5O3/c1-5-40-31-17-29-27(15-22(31)14-26(39)10-7-13-38(3)4)32(23(18-34)19-35-29)37-24-11-12-30(28(33)16-24)41-20-25-9-6-8-21(2)36-25/h6-12,15-17,19H,5,13-14,20H2,1-4H3,(H,35,37)/b10-7+/i3D3,5D2,6D,7D,8D,9D,11D,12D,15D,16D,17D,19D. The number of carbonyl (C=O) groups excluding carboxylic acids is 1. The fraction of sp³-hybridized carbons (Fsp3) is 0.250. The van der Waals surface area contributed by atoms with Crippen molar-refractivity contribution in [1.82, 2.24) is 14.9 Å². The van der Waals surface area contributed by atoms with Gasteiger partial charge in [-0.3, -0.25) is 14.8 Å². The van der Waals surface area contributed by atoms with Crippen LogP contribution >= 0.6 is 11.6 Å². The monoisotopic (exact) mass is 584 g/mol. The molecule has 0 bridgehead atoms. The van der Waals surface area contributed by atoms with Crippen LogP contribution in [-0.2, 0) is 17.8 Å². The molecule has 210 valence electrons. The van der Waals surface area contributed by atoms with E-state index in [1.165, 1.54) is 14.0 Å². The zero-order valence-corrected chi connectivity index (χ0v) is 22.8. The van der Waals surface area contributed by atoms with Gasteiger partial charge in [-0.2, -0.15) is 5.26 Å². The topological polar surface area (TPSA) is 100 Å². The number of allylic oxidation sites excluding steroid dienone is 1. The van der Waals surface area contributed by atoms with E-state index in [0.29, 0.717) is 0 Å². The van der Waals surface area contributed by atoms with Gasteiger partial charge in [0.05, 0.1) is 50.5 Å². The summed E-state index contributed by atoms with van der Waals surface area (Å²) in [5.74, 6) is -1.98. The smallest absolute Gasteiger partial charge is 0.159 e. The van der Waals surface area contributed by atoms with Crippen LogP contribution in [0.2, 0.25) is 5.02 Å². The minimum absolute atomic E-state index is 0.0792. The summed E-state index contributed by atoms with van der Waals surface area (Å²) in [5.41, 5.74) is -2.37. The van der Waals surface area contributed by atoms with Gasteiger partial charge >= 0.3 is 0 Å². The van der Waals surface area contributed by atoms with Gasteiger partial charge in [0.25, 0.3) is 0 Å². The Morgan fingerprint density at radius 2 is 2.15 bits per heavy atom. The van der Waals surface area contributed by atoms with Crippen molar-refractivity contribution in [1.29, 1.82) is 5.26 Å². The molecule has 0 unspecified atom stereocenters. The van der Waals surface area contributed by atoms with E-state index in [-0.39, 0.29) is 17.4 Å². The number of nitrogens with one attached hydrogen (secondary N) is 1. The number of nitriles is 1. The Kier molecular flexibility index (Phi) is 5.21. The Morgan fingerprint density at radius 3 is 2.93 bits per heavy atom. The van der Waals surface area contributed by atoms with Crippen molar-refractivity contribution in [3.05, 3.63) is 94.2 Å². The SMILES string of the molecule is [2H]/C(=C\C(=O)Cc1c(OC([2H])([2H])C)c([2H])c2nc([2H])c(C#N)c(Nc3c([2H])c([2H])c(OCc4nc(C)c([2H])c([2H])c4[2H])c(Cl)c3[2H])c2c1[2H])CN(C)C([2H])([2H])[2H]. The van der Waals surface area contributed by atoms with Gasteiger partial charge in [-0.15, -0.1) is 0 Å². The lowest BCUT2D eigenvalue weighted by Gasteiger charge is -2.16. The molecule has 2 aromatic heterocycles. The summed E-state index contributed by atoms with van der Waals surface area (Å²) in [7, 11) is 1.21. The molecule has 1 N–H and O–H groups in total. The van der Waals surface area contributed by atoms with Crippen LogP contribution in [0.25, 0.3) is 10.9 Å². The molecule has 0 aliphatic rings. The van der Waals surface area contributed by atoms with Crippen LogP contribution < -0.4 is 14.8 Å². The maximum atomic E-state index is 13.2. The normalized spacial score (nSPS) is 17.3. The lowest BCUT2D eigenvalue weighted by atomic mass is 10.0. The Labute approximate surface area is 266 Å². The highest BCUT2D eigenvalue weighted by molar-refractivity contribution is 6.32. The second kappa shape index (κ2) is 13.8. The molecule has 0 fully saturated rings. The molecule has 4 aromatic rings. The van der Waals surface area contributed by atoms with E-state index in [1.54, 1.807) is 6.07 Å². The minimum atomic E-state index is -2.57. The van der Waals surface area contributed by atoms with Crippen molar-refractivity contribution < 1.29 is 34.8 Å². The van der Waals surface area contributed by atoms with Crippen molar-refractivity contribution in [3.8, 4) is 17.6 Å². The molecule has 2 heterocycles. The molecule has 0 aliphatic carbocycles. The maximum absolute atomic E-state index is 13.2. The number of hydrogen-bond donors (Lipinski definition) is 1. The summed E-state index contributed by atoms with van der Waals surface area (Å²) < 4.78 is 134. The molecule has 2 aromatic carbocycles. The number of ketones is 1. The van der Waals surface area contributed by atoms with Crippen LogP contribution in [0.1, 0.15) is 50.0 Å². The van der Waals surface area contributed by atoms with Crippen LogP contribution in [0.4, 0.5) is 11.4 Å². The van der Waals surface area contributed by atoms with Gasteiger partial charge in [0.2, 0.25) is 0 Å². The first-order valence-electron chi connectivity index (χ1n) is 19.4. The first-order chi connectivity index (χ1) is 25.8. The maximum Gasteiger partial charge on any atom is 0.159 e. The highest BCUT2D eigenvalue weighted by Gasteiger charge is 2.16. The molecule has 0 spiro atoms. The zero-order valence-electron chi connectivity index (χ0n) is 37.1. The van der Waals surface area contributed by atoms with Crippen LogP contribution in [0, 0.1) is 18.3 Å². The molecule has 9 heteroatoms. The Hall–Kier alpha value is -4.45. The number of anilines is 2. The van der Waals surface area contributed by atoms with Crippen molar-refractivity contribution in [3.63, 3.8) is 0 Å². The molecular formula is C32H32ClN5O3. The van der Waals surface area contributed by atoms with Gasteiger partial charge < -0.3 is 19.7 Å². The number of hydrogen-bond acceptors (Lipinski definition) is 8. The second-order valence-electron chi connectivity index (χ2n) is 8.35. The number of likely N-dealkylation sites (N-methyl/N-ethyl adjacent to an activating group) is 1. The highest BCUT2D eigenvalue weighted by Crippen LogP contribution is 2.36. The molecule has 0 saturated heterocycles. The predicted octanol–water partition coefficient (Wildman–Crippen LogP) is 6.41. The molecule has 41 heavy (non-hydrogen) atoms. The number of ether oxygens (including phenoxy) is 2. The molecule has 0 saturated carbocycles. The summed E-state index contributed by atoms with van der Waals surface area (Å²) in [4.78, 5) is 22.1. The number of aryl methyl sites for hydroxylation is 1. The molecule has 0 radical (unpaired) electrons. The largest absolute Gasteiger partial charge is 0.494 e. The van der Waals surface area contributed by atoms with Crippen LogP contribution in [-0.4, -0.2) is 47.8 Å². The number of fused-ring (bicyclic) bond motifs is 1. The van der Waals surface area contributed by atoms with E-state index in [0.717, 1.165) is 17.9 Å². The second-order valence-corrected chi connectivity index (χ2v) is 8.72. The zero-order chi connectivity index (χ0) is 42.4. The number of nitrogens with zero attached hydrogens (tertiary/aromatic N) is 4. The predicted molar refractivity (Wildman–Crippen MR) is 162 cm³/mol. The Morgan fingerprint density at radius 1 is 1.29 bits per heavy atom. The van der Waals surface area contributed by atoms with Crippen molar-refractivity contribution in [2.75, 3.05) is 32.4 Å². The third kappa shape index (κ3) is 7.82. The first kappa shape index (κ1) is 15.5. The lowest BCUT2D eigenvalue weighted by molar-refractivity contribution is -0.114. The van der Waals surface area contributed by atoms with E-state index in [4.69, 9.17) is 41.6 Å². The number of pyridine rings is 2.